The molecule has 0 aromatic heterocycles. The van der Waals surface area contributed by atoms with E-state index in [0.29, 0.717) is 13.0 Å². The third-order valence-corrected chi connectivity index (χ3v) is 1.83. The van der Waals surface area contributed by atoms with Crippen LogP contribution in [-0.2, 0) is 9.53 Å². The lowest BCUT2D eigenvalue weighted by Gasteiger charge is -2.23. The number of rotatable bonds is 6. The molecule has 0 saturated heterocycles. The molecule has 0 aliphatic heterocycles. The zero-order valence-electron chi connectivity index (χ0n) is 9.46. The second kappa shape index (κ2) is 5.98. The summed E-state index contributed by atoms with van der Waals surface area (Å²) in [6, 6.07) is 0.116. The van der Waals surface area contributed by atoms with Crippen LogP contribution in [0.15, 0.2) is 0 Å². The van der Waals surface area contributed by atoms with E-state index in [4.69, 9.17) is 9.84 Å². The van der Waals surface area contributed by atoms with Crippen LogP contribution in [0.3, 0.4) is 0 Å². The summed E-state index contributed by atoms with van der Waals surface area (Å²) < 4.78 is 5.56. The van der Waals surface area contributed by atoms with E-state index in [0.717, 1.165) is 0 Å². The third kappa shape index (κ3) is 8.01. The van der Waals surface area contributed by atoms with Crippen LogP contribution in [0.25, 0.3) is 0 Å². The first kappa shape index (κ1) is 13.4. The maximum absolute atomic E-state index is 10.4. The molecule has 0 aliphatic rings. The van der Waals surface area contributed by atoms with Gasteiger partial charge in [-0.15, -0.1) is 0 Å². The minimum absolute atomic E-state index is 0.116. The molecule has 1 atom stereocenters. The molecule has 0 rings (SSSR count). The van der Waals surface area contributed by atoms with Gasteiger partial charge in [-0.2, -0.15) is 0 Å². The molecule has 0 radical (unpaired) electrons. The van der Waals surface area contributed by atoms with Crippen molar-refractivity contribution in [3.05, 3.63) is 0 Å². The average molecular weight is 203 g/mol. The molecule has 0 aliphatic carbocycles. The Bertz CT molecular complexity index is 175. The van der Waals surface area contributed by atoms with E-state index in [9.17, 15) is 4.79 Å². The highest BCUT2D eigenvalue weighted by molar-refractivity contribution is 5.66. The normalized spacial score (nSPS) is 14.0. The molecule has 1 unspecified atom stereocenters. The topological polar surface area (TPSA) is 58.6 Å². The van der Waals surface area contributed by atoms with Crippen molar-refractivity contribution in [2.24, 2.45) is 0 Å². The highest BCUT2D eigenvalue weighted by Gasteiger charge is 2.14. The molecule has 0 fully saturated rings. The smallest absolute Gasteiger partial charge is 0.303 e. The Balaban J connectivity index is 3.74. The summed E-state index contributed by atoms with van der Waals surface area (Å²) in [5.74, 6) is -0.763. The zero-order valence-corrected chi connectivity index (χ0v) is 9.46. The van der Waals surface area contributed by atoms with Crippen LogP contribution >= 0.6 is 0 Å². The molecule has 0 bridgehead atoms. The van der Waals surface area contributed by atoms with Crippen LogP contribution in [-0.4, -0.2) is 36.4 Å². The molecule has 4 nitrogen and oxygen atoms in total. The van der Waals surface area contributed by atoms with Crippen molar-refractivity contribution in [3.8, 4) is 0 Å². The number of carboxylic acid groups (broad SMARTS) is 1. The summed E-state index contributed by atoms with van der Waals surface area (Å²) in [5, 5.41) is 11.6. The van der Waals surface area contributed by atoms with Gasteiger partial charge in [-0.3, -0.25) is 4.79 Å². The molecule has 0 aromatic carbocycles. The number of carboxylic acids is 1. The SMILES string of the molecule is CNC(CCC(=O)O)COC(C)(C)C. The summed E-state index contributed by atoms with van der Waals surface area (Å²) in [7, 11) is 1.82. The maximum atomic E-state index is 10.4. The lowest BCUT2D eigenvalue weighted by molar-refractivity contribution is -0.137. The number of hydrogen-bond donors (Lipinski definition) is 2. The van der Waals surface area contributed by atoms with Crippen molar-refractivity contribution in [2.75, 3.05) is 13.7 Å². The fraction of sp³-hybridized carbons (Fsp3) is 0.900. The van der Waals surface area contributed by atoms with E-state index in [-0.39, 0.29) is 18.1 Å². The second-order valence-electron chi connectivity index (χ2n) is 4.34. The fourth-order valence-corrected chi connectivity index (χ4v) is 0.959. The summed E-state index contributed by atoms with van der Waals surface area (Å²) in [6.45, 7) is 6.50. The summed E-state index contributed by atoms with van der Waals surface area (Å²) in [4.78, 5) is 10.4. The van der Waals surface area contributed by atoms with E-state index >= 15 is 0 Å². The average Bonchev–Trinajstić information content (AvgIpc) is 2.02. The van der Waals surface area contributed by atoms with Gasteiger partial charge in [0.15, 0.2) is 0 Å². The van der Waals surface area contributed by atoms with E-state index in [1.807, 2.05) is 27.8 Å². The largest absolute Gasteiger partial charge is 0.481 e. The molecule has 0 amide bonds. The predicted molar refractivity (Wildman–Crippen MR) is 55.4 cm³/mol. The Morgan fingerprint density at radius 3 is 2.43 bits per heavy atom. The first-order valence-corrected chi connectivity index (χ1v) is 4.88. The van der Waals surface area contributed by atoms with Crippen molar-refractivity contribution in [2.45, 2.75) is 45.3 Å². The van der Waals surface area contributed by atoms with Crippen molar-refractivity contribution in [1.29, 1.82) is 0 Å². The lowest BCUT2D eigenvalue weighted by Crippen LogP contribution is -2.34. The molecule has 14 heavy (non-hydrogen) atoms. The number of aliphatic carboxylic acids is 1. The van der Waals surface area contributed by atoms with Crippen molar-refractivity contribution in [1.82, 2.24) is 5.32 Å². The quantitative estimate of drug-likeness (QED) is 0.682. The highest BCUT2D eigenvalue weighted by Crippen LogP contribution is 2.08. The summed E-state index contributed by atoms with van der Waals surface area (Å²) in [6.07, 6.45) is 0.779. The maximum Gasteiger partial charge on any atom is 0.303 e. The number of likely N-dealkylation sites (N-methyl/N-ethyl adjacent to an activating group) is 1. The first-order valence-electron chi connectivity index (χ1n) is 4.88. The number of ether oxygens (including phenoxy) is 1. The van der Waals surface area contributed by atoms with Crippen LogP contribution in [0, 0.1) is 0 Å². The van der Waals surface area contributed by atoms with Gasteiger partial charge in [0.25, 0.3) is 0 Å². The standard InChI is InChI=1S/C10H21NO3/c1-10(2,3)14-7-8(11-4)5-6-9(12)13/h8,11H,5-7H2,1-4H3,(H,12,13). The monoisotopic (exact) mass is 203 g/mol. The van der Waals surface area contributed by atoms with Gasteiger partial charge >= 0.3 is 5.97 Å². The minimum Gasteiger partial charge on any atom is -0.481 e. The molecule has 2 N–H and O–H groups in total. The van der Waals surface area contributed by atoms with Gasteiger partial charge in [0.2, 0.25) is 0 Å². The molecule has 0 heterocycles. The Morgan fingerprint density at radius 1 is 1.50 bits per heavy atom. The van der Waals surface area contributed by atoms with Crippen molar-refractivity contribution in [3.63, 3.8) is 0 Å². The van der Waals surface area contributed by atoms with Crippen LogP contribution < -0.4 is 5.32 Å². The zero-order chi connectivity index (χ0) is 11.2. The van der Waals surface area contributed by atoms with E-state index < -0.39 is 5.97 Å². The van der Waals surface area contributed by atoms with Gasteiger partial charge in [-0.05, 0) is 34.2 Å². The molecular weight excluding hydrogens is 182 g/mol. The Kier molecular flexibility index (Phi) is 5.72. The molecular formula is C10H21NO3. The number of nitrogens with one attached hydrogen (secondary N) is 1. The second-order valence-corrected chi connectivity index (χ2v) is 4.34. The summed E-state index contributed by atoms with van der Waals surface area (Å²) >= 11 is 0. The van der Waals surface area contributed by atoms with Crippen LogP contribution in [0.4, 0.5) is 0 Å². The molecule has 0 aromatic rings. The molecule has 0 saturated carbocycles. The van der Waals surface area contributed by atoms with E-state index in [1.165, 1.54) is 0 Å². The third-order valence-electron chi connectivity index (χ3n) is 1.83. The van der Waals surface area contributed by atoms with Gasteiger partial charge in [-0.1, -0.05) is 0 Å². The minimum atomic E-state index is -0.763. The van der Waals surface area contributed by atoms with Gasteiger partial charge in [-0.25, -0.2) is 0 Å². The molecule has 84 valence electrons. The van der Waals surface area contributed by atoms with Crippen LogP contribution in [0.1, 0.15) is 33.6 Å². The van der Waals surface area contributed by atoms with Crippen LogP contribution in [0.2, 0.25) is 0 Å². The number of carbonyl (C=O) groups is 1. The number of hydrogen-bond acceptors (Lipinski definition) is 3. The lowest BCUT2D eigenvalue weighted by atomic mass is 10.1. The van der Waals surface area contributed by atoms with Gasteiger partial charge in [0.1, 0.15) is 0 Å². The van der Waals surface area contributed by atoms with E-state index in [1.54, 1.807) is 0 Å². The Morgan fingerprint density at radius 2 is 2.07 bits per heavy atom. The predicted octanol–water partition coefficient (Wildman–Crippen LogP) is 1.25. The van der Waals surface area contributed by atoms with Gasteiger partial charge < -0.3 is 15.2 Å². The first-order chi connectivity index (χ1) is 6.35. The van der Waals surface area contributed by atoms with Crippen molar-refractivity contribution < 1.29 is 14.6 Å². The Labute approximate surface area is 85.6 Å². The van der Waals surface area contributed by atoms with E-state index in [2.05, 4.69) is 5.32 Å². The summed E-state index contributed by atoms with van der Waals surface area (Å²) in [5.41, 5.74) is -0.168. The fourth-order valence-electron chi connectivity index (χ4n) is 0.959. The van der Waals surface area contributed by atoms with Crippen molar-refractivity contribution >= 4 is 5.97 Å². The molecule has 0 spiro atoms. The highest BCUT2D eigenvalue weighted by atomic mass is 16.5. The Hall–Kier alpha value is -0.610. The van der Waals surface area contributed by atoms with Crippen LogP contribution in [0.5, 0.6) is 0 Å². The van der Waals surface area contributed by atoms with Gasteiger partial charge in [0.05, 0.1) is 12.2 Å². The van der Waals surface area contributed by atoms with Gasteiger partial charge in [0, 0.05) is 12.5 Å². The molecule has 4 heteroatoms.